The van der Waals surface area contributed by atoms with E-state index in [1.165, 1.54) is 12.1 Å². The van der Waals surface area contributed by atoms with Crippen molar-refractivity contribution in [2.45, 2.75) is 0 Å². The monoisotopic (exact) mass is 197 g/mol. The second-order valence-electron chi connectivity index (χ2n) is 2.53. The molecule has 0 saturated carbocycles. The first kappa shape index (κ1) is 9.92. The van der Waals surface area contributed by atoms with Crippen molar-refractivity contribution in [3.8, 4) is 5.75 Å². The molecule has 1 aromatic carbocycles. The highest BCUT2D eigenvalue weighted by atomic mass is 32.1. The van der Waals surface area contributed by atoms with Gasteiger partial charge in [0.2, 0.25) is 0 Å². The Labute approximate surface area is 82.2 Å². The average molecular weight is 197 g/mol. The second-order valence-corrected chi connectivity index (χ2v) is 2.98. The largest absolute Gasteiger partial charge is 0.508 e. The van der Waals surface area contributed by atoms with Crippen LogP contribution >= 0.6 is 12.6 Å². The first-order valence-corrected chi connectivity index (χ1v) is 4.55. The maximum Gasteiger partial charge on any atom is 0.251 e. The molecule has 70 valence electrons. The quantitative estimate of drug-likeness (QED) is 0.634. The summed E-state index contributed by atoms with van der Waals surface area (Å²) in [4.78, 5) is 11.3. The van der Waals surface area contributed by atoms with Crippen molar-refractivity contribution in [3.05, 3.63) is 29.8 Å². The molecular weight excluding hydrogens is 186 g/mol. The van der Waals surface area contributed by atoms with Crippen LogP contribution in [0.5, 0.6) is 5.75 Å². The lowest BCUT2D eigenvalue weighted by atomic mass is 10.2. The first-order chi connectivity index (χ1) is 6.24. The third kappa shape index (κ3) is 2.99. The Morgan fingerprint density at radius 1 is 1.54 bits per heavy atom. The van der Waals surface area contributed by atoms with Crippen molar-refractivity contribution in [2.75, 3.05) is 12.3 Å². The van der Waals surface area contributed by atoms with Gasteiger partial charge in [-0.3, -0.25) is 4.79 Å². The normalized spacial score (nSPS) is 9.62. The van der Waals surface area contributed by atoms with Crippen LogP contribution in [0, 0.1) is 0 Å². The van der Waals surface area contributed by atoms with E-state index in [0.717, 1.165) is 0 Å². The van der Waals surface area contributed by atoms with E-state index in [2.05, 4.69) is 17.9 Å². The van der Waals surface area contributed by atoms with Crippen LogP contribution in [0.4, 0.5) is 0 Å². The predicted molar refractivity (Wildman–Crippen MR) is 54.3 cm³/mol. The minimum atomic E-state index is -0.190. The van der Waals surface area contributed by atoms with Crippen molar-refractivity contribution in [1.29, 1.82) is 0 Å². The van der Waals surface area contributed by atoms with E-state index < -0.39 is 0 Å². The number of carbonyl (C=O) groups excluding carboxylic acids is 1. The molecule has 4 heteroatoms. The van der Waals surface area contributed by atoms with Crippen LogP contribution in [0.3, 0.4) is 0 Å². The van der Waals surface area contributed by atoms with E-state index in [1.807, 2.05) is 0 Å². The first-order valence-electron chi connectivity index (χ1n) is 3.92. The third-order valence-corrected chi connectivity index (χ3v) is 1.73. The van der Waals surface area contributed by atoms with Crippen LogP contribution in [0.1, 0.15) is 10.4 Å². The van der Waals surface area contributed by atoms with Crippen LogP contribution in [0.2, 0.25) is 0 Å². The number of hydrogen-bond donors (Lipinski definition) is 3. The molecule has 0 aliphatic rings. The number of nitrogens with one attached hydrogen (secondary N) is 1. The van der Waals surface area contributed by atoms with Crippen molar-refractivity contribution < 1.29 is 9.90 Å². The minimum Gasteiger partial charge on any atom is -0.508 e. The van der Waals surface area contributed by atoms with Gasteiger partial charge in [-0.1, -0.05) is 6.07 Å². The van der Waals surface area contributed by atoms with Gasteiger partial charge < -0.3 is 10.4 Å². The minimum absolute atomic E-state index is 0.0959. The van der Waals surface area contributed by atoms with E-state index >= 15 is 0 Å². The smallest absolute Gasteiger partial charge is 0.251 e. The van der Waals surface area contributed by atoms with E-state index in [9.17, 15) is 4.79 Å². The summed E-state index contributed by atoms with van der Waals surface area (Å²) in [5, 5.41) is 11.7. The van der Waals surface area contributed by atoms with Crippen LogP contribution < -0.4 is 5.32 Å². The summed E-state index contributed by atoms with van der Waals surface area (Å²) < 4.78 is 0. The molecule has 2 N–H and O–H groups in total. The number of phenolic OH excluding ortho intramolecular Hbond substituents is 1. The number of rotatable bonds is 3. The lowest BCUT2D eigenvalue weighted by Gasteiger charge is -2.02. The lowest BCUT2D eigenvalue weighted by Crippen LogP contribution is -2.25. The molecule has 3 nitrogen and oxygen atoms in total. The Morgan fingerprint density at radius 3 is 2.92 bits per heavy atom. The molecule has 0 aromatic heterocycles. The van der Waals surface area contributed by atoms with Crippen LogP contribution in [0.15, 0.2) is 24.3 Å². The summed E-state index contributed by atoms with van der Waals surface area (Å²) >= 11 is 3.96. The Balaban J connectivity index is 2.66. The van der Waals surface area contributed by atoms with Crippen LogP contribution in [0.25, 0.3) is 0 Å². The number of phenols is 1. The fourth-order valence-electron chi connectivity index (χ4n) is 0.919. The third-order valence-electron chi connectivity index (χ3n) is 1.51. The maximum absolute atomic E-state index is 11.3. The van der Waals surface area contributed by atoms with E-state index in [0.29, 0.717) is 17.9 Å². The number of aromatic hydroxyl groups is 1. The molecular formula is C9H11NO2S. The van der Waals surface area contributed by atoms with E-state index in [-0.39, 0.29) is 11.7 Å². The summed E-state index contributed by atoms with van der Waals surface area (Å²) in [6, 6.07) is 6.22. The van der Waals surface area contributed by atoms with Gasteiger partial charge in [-0.2, -0.15) is 12.6 Å². The SMILES string of the molecule is O=C(NCCS)c1cccc(O)c1. The van der Waals surface area contributed by atoms with Crippen molar-refractivity contribution >= 4 is 18.5 Å². The maximum atomic E-state index is 11.3. The molecule has 0 saturated heterocycles. The number of amides is 1. The number of benzene rings is 1. The molecule has 0 atom stereocenters. The molecule has 0 radical (unpaired) electrons. The fourth-order valence-corrected chi connectivity index (χ4v) is 1.03. The molecule has 0 heterocycles. The second kappa shape index (κ2) is 4.77. The Kier molecular flexibility index (Phi) is 3.64. The molecule has 0 aliphatic heterocycles. The highest BCUT2D eigenvalue weighted by Crippen LogP contribution is 2.10. The summed E-state index contributed by atoms with van der Waals surface area (Å²) in [5.74, 6) is 0.508. The molecule has 0 bridgehead atoms. The molecule has 1 aromatic rings. The standard InChI is InChI=1S/C9H11NO2S/c11-8-3-1-2-7(6-8)9(12)10-4-5-13/h1-3,6,11,13H,4-5H2,(H,10,12). The van der Waals surface area contributed by atoms with Gasteiger partial charge in [-0.05, 0) is 18.2 Å². The van der Waals surface area contributed by atoms with Gasteiger partial charge in [-0.15, -0.1) is 0 Å². The molecule has 1 rings (SSSR count). The topological polar surface area (TPSA) is 49.3 Å². The fraction of sp³-hybridized carbons (Fsp3) is 0.222. The highest BCUT2D eigenvalue weighted by Gasteiger charge is 2.03. The summed E-state index contributed by atoms with van der Waals surface area (Å²) in [7, 11) is 0. The van der Waals surface area contributed by atoms with Gasteiger partial charge in [0.1, 0.15) is 5.75 Å². The molecule has 0 unspecified atom stereocenters. The highest BCUT2D eigenvalue weighted by molar-refractivity contribution is 7.80. The zero-order valence-corrected chi connectivity index (χ0v) is 7.92. The van der Waals surface area contributed by atoms with Gasteiger partial charge in [0.05, 0.1) is 0 Å². The van der Waals surface area contributed by atoms with Crippen LogP contribution in [-0.4, -0.2) is 23.3 Å². The number of hydrogen-bond acceptors (Lipinski definition) is 3. The summed E-state index contributed by atoms with van der Waals surface area (Å²) in [6.07, 6.45) is 0. The van der Waals surface area contributed by atoms with Gasteiger partial charge in [-0.25, -0.2) is 0 Å². The zero-order valence-electron chi connectivity index (χ0n) is 7.03. The zero-order chi connectivity index (χ0) is 9.68. The average Bonchev–Trinajstić information content (AvgIpc) is 2.14. The number of carbonyl (C=O) groups is 1. The Hall–Kier alpha value is -1.16. The van der Waals surface area contributed by atoms with Gasteiger partial charge in [0.25, 0.3) is 5.91 Å². The van der Waals surface area contributed by atoms with Crippen LogP contribution in [-0.2, 0) is 0 Å². The lowest BCUT2D eigenvalue weighted by molar-refractivity contribution is 0.0956. The van der Waals surface area contributed by atoms with Gasteiger partial charge in [0.15, 0.2) is 0 Å². The summed E-state index contributed by atoms with van der Waals surface area (Å²) in [6.45, 7) is 0.525. The van der Waals surface area contributed by atoms with Crippen molar-refractivity contribution in [1.82, 2.24) is 5.32 Å². The molecule has 0 spiro atoms. The van der Waals surface area contributed by atoms with Gasteiger partial charge >= 0.3 is 0 Å². The Morgan fingerprint density at radius 2 is 2.31 bits per heavy atom. The molecule has 1 amide bonds. The molecule has 13 heavy (non-hydrogen) atoms. The van der Waals surface area contributed by atoms with Crippen molar-refractivity contribution in [2.24, 2.45) is 0 Å². The molecule has 0 fully saturated rings. The van der Waals surface area contributed by atoms with Crippen molar-refractivity contribution in [3.63, 3.8) is 0 Å². The predicted octanol–water partition coefficient (Wildman–Crippen LogP) is 1.05. The number of thiol groups is 1. The summed E-state index contributed by atoms with van der Waals surface area (Å²) in [5.41, 5.74) is 0.460. The van der Waals surface area contributed by atoms with Gasteiger partial charge in [0, 0.05) is 17.9 Å². The van der Waals surface area contributed by atoms with E-state index in [4.69, 9.17) is 5.11 Å². The molecule has 0 aliphatic carbocycles. The Bertz CT molecular complexity index is 301. The van der Waals surface area contributed by atoms with E-state index in [1.54, 1.807) is 12.1 Å².